The van der Waals surface area contributed by atoms with E-state index in [0.29, 0.717) is 11.7 Å². The molecule has 1 aliphatic carbocycles. The molecule has 1 atom stereocenters. The van der Waals surface area contributed by atoms with Crippen LogP contribution < -0.4 is 10.6 Å². The van der Waals surface area contributed by atoms with Crippen LogP contribution in [0, 0.1) is 0 Å². The van der Waals surface area contributed by atoms with Crippen LogP contribution in [0.15, 0.2) is 48.1 Å². The number of hydrogen-bond acceptors (Lipinski definition) is 5. The summed E-state index contributed by atoms with van der Waals surface area (Å²) in [7, 11) is 0. The first-order valence-electron chi connectivity index (χ1n) is 9.46. The Balaban J connectivity index is 1.65. The summed E-state index contributed by atoms with van der Waals surface area (Å²) in [5.41, 5.74) is 0.941. The molecule has 0 spiro atoms. The molecule has 0 radical (unpaired) electrons. The smallest absolute Gasteiger partial charge is 0.321 e. The predicted octanol–water partition coefficient (Wildman–Crippen LogP) is 3.38. The molecule has 0 aliphatic heterocycles. The van der Waals surface area contributed by atoms with Crippen LogP contribution in [0.2, 0.25) is 0 Å². The van der Waals surface area contributed by atoms with Crippen LogP contribution in [0.3, 0.4) is 0 Å². The lowest BCUT2D eigenvalue weighted by Crippen LogP contribution is -2.45. The molecule has 8 heteroatoms. The number of urea groups is 1. The molecule has 0 saturated heterocycles. The maximum absolute atomic E-state index is 12.4. The highest BCUT2D eigenvalue weighted by atomic mass is 32.2. The van der Waals surface area contributed by atoms with Gasteiger partial charge in [-0.1, -0.05) is 61.0 Å². The van der Waals surface area contributed by atoms with Crippen molar-refractivity contribution >= 4 is 23.7 Å². The molecule has 148 valence electrons. The molecule has 3 rings (SSSR count). The van der Waals surface area contributed by atoms with Gasteiger partial charge in [0.15, 0.2) is 11.0 Å². The summed E-state index contributed by atoms with van der Waals surface area (Å²) in [6, 6.07) is 9.48. The molecule has 1 aromatic carbocycles. The lowest BCUT2D eigenvalue weighted by molar-refractivity contribution is -0.119. The van der Waals surface area contributed by atoms with Crippen molar-refractivity contribution in [2.24, 2.45) is 0 Å². The van der Waals surface area contributed by atoms with Crippen LogP contribution in [-0.2, 0) is 11.3 Å². The number of nitrogens with one attached hydrogen (secondary N) is 2. The number of benzene rings is 1. The zero-order valence-corrected chi connectivity index (χ0v) is 16.7. The number of carbonyl (C=O) groups is 2. The van der Waals surface area contributed by atoms with Crippen LogP contribution in [0.25, 0.3) is 11.4 Å². The Labute approximate surface area is 169 Å². The summed E-state index contributed by atoms with van der Waals surface area (Å²) in [5, 5.41) is 13.9. The minimum absolute atomic E-state index is 0.167. The van der Waals surface area contributed by atoms with Crippen molar-refractivity contribution in [2.75, 3.05) is 0 Å². The number of hydrogen-bond donors (Lipinski definition) is 2. The molecule has 7 nitrogen and oxygen atoms in total. The van der Waals surface area contributed by atoms with E-state index >= 15 is 0 Å². The third-order valence-electron chi connectivity index (χ3n) is 4.64. The number of amides is 3. The van der Waals surface area contributed by atoms with Gasteiger partial charge in [0.1, 0.15) is 0 Å². The van der Waals surface area contributed by atoms with Gasteiger partial charge in [-0.15, -0.1) is 16.8 Å². The van der Waals surface area contributed by atoms with Gasteiger partial charge >= 0.3 is 6.03 Å². The Kier molecular flexibility index (Phi) is 6.86. The monoisotopic (exact) mass is 399 g/mol. The maximum atomic E-state index is 12.4. The molecule has 1 heterocycles. The lowest BCUT2D eigenvalue weighted by Gasteiger charge is -2.15. The SMILES string of the molecule is C=CCn1c(S[C@@H](C)C(=O)NC(=O)NC2CCCC2)nnc1-c1ccccc1. The summed E-state index contributed by atoms with van der Waals surface area (Å²) in [6.45, 7) is 6.07. The first-order chi connectivity index (χ1) is 13.6. The second-order valence-electron chi connectivity index (χ2n) is 6.78. The summed E-state index contributed by atoms with van der Waals surface area (Å²) < 4.78 is 1.91. The van der Waals surface area contributed by atoms with E-state index in [2.05, 4.69) is 27.4 Å². The number of rotatable bonds is 7. The number of allylic oxidation sites excluding steroid dienone is 1. The van der Waals surface area contributed by atoms with E-state index in [1.807, 2.05) is 34.9 Å². The Bertz CT molecular complexity index is 830. The van der Waals surface area contributed by atoms with Gasteiger partial charge in [-0.3, -0.25) is 14.7 Å². The summed E-state index contributed by atoms with van der Waals surface area (Å²) >= 11 is 1.27. The average Bonchev–Trinajstić information content (AvgIpc) is 3.33. The van der Waals surface area contributed by atoms with Crippen molar-refractivity contribution in [1.82, 2.24) is 25.4 Å². The third kappa shape index (κ3) is 5.01. The van der Waals surface area contributed by atoms with Crippen LogP contribution >= 0.6 is 11.8 Å². The molecule has 0 bridgehead atoms. The molecule has 0 unspecified atom stereocenters. The zero-order chi connectivity index (χ0) is 19.9. The third-order valence-corrected chi connectivity index (χ3v) is 5.72. The van der Waals surface area contributed by atoms with Gasteiger partial charge < -0.3 is 5.32 Å². The van der Waals surface area contributed by atoms with E-state index in [1.165, 1.54) is 11.8 Å². The second-order valence-corrected chi connectivity index (χ2v) is 8.08. The molecular weight excluding hydrogens is 374 g/mol. The summed E-state index contributed by atoms with van der Waals surface area (Å²) in [4.78, 5) is 24.4. The molecule has 28 heavy (non-hydrogen) atoms. The van der Waals surface area contributed by atoms with E-state index < -0.39 is 11.3 Å². The van der Waals surface area contributed by atoms with Crippen LogP contribution in [0.5, 0.6) is 0 Å². The number of imide groups is 1. The van der Waals surface area contributed by atoms with Crippen LogP contribution in [-0.4, -0.2) is 38.0 Å². The fraction of sp³-hybridized carbons (Fsp3) is 0.400. The average molecular weight is 400 g/mol. The largest absolute Gasteiger partial charge is 0.335 e. The van der Waals surface area contributed by atoms with Crippen molar-refractivity contribution in [1.29, 1.82) is 0 Å². The number of nitrogens with zero attached hydrogens (tertiary/aromatic N) is 3. The van der Waals surface area contributed by atoms with E-state index in [1.54, 1.807) is 13.0 Å². The number of aromatic nitrogens is 3. The fourth-order valence-corrected chi connectivity index (χ4v) is 4.05. The van der Waals surface area contributed by atoms with E-state index in [4.69, 9.17) is 0 Å². The Morgan fingerprint density at radius 3 is 2.68 bits per heavy atom. The van der Waals surface area contributed by atoms with Gasteiger partial charge in [0.05, 0.1) is 5.25 Å². The van der Waals surface area contributed by atoms with Gasteiger partial charge in [0, 0.05) is 18.2 Å². The highest BCUT2D eigenvalue weighted by Crippen LogP contribution is 2.27. The standard InChI is InChI=1S/C20H25N5O2S/c1-3-13-25-17(15-9-5-4-6-10-15)23-24-20(25)28-14(2)18(26)22-19(27)21-16-11-7-8-12-16/h3-6,9-10,14,16H,1,7-8,11-13H2,2H3,(H2,21,22,26,27)/t14-/m0/s1. The number of carbonyl (C=O) groups excluding carboxylic acids is 2. The van der Waals surface area contributed by atoms with Gasteiger partial charge in [-0.25, -0.2) is 4.79 Å². The highest BCUT2D eigenvalue weighted by Gasteiger charge is 2.23. The van der Waals surface area contributed by atoms with Crippen molar-refractivity contribution < 1.29 is 9.59 Å². The fourth-order valence-electron chi connectivity index (χ4n) is 3.19. The molecule has 1 aliphatic rings. The molecule has 2 N–H and O–H groups in total. The van der Waals surface area contributed by atoms with Crippen molar-refractivity contribution in [2.45, 2.75) is 55.6 Å². The van der Waals surface area contributed by atoms with E-state index in [9.17, 15) is 9.59 Å². The van der Waals surface area contributed by atoms with Crippen LogP contribution in [0.1, 0.15) is 32.6 Å². The normalized spacial score (nSPS) is 15.2. The molecule has 1 aromatic heterocycles. The molecule has 3 amide bonds. The predicted molar refractivity (Wildman–Crippen MR) is 110 cm³/mol. The quantitative estimate of drug-likeness (QED) is 0.550. The zero-order valence-electron chi connectivity index (χ0n) is 15.9. The summed E-state index contributed by atoms with van der Waals surface area (Å²) in [6.07, 6.45) is 5.94. The van der Waals surface area contributed by atoms with Gasteiger partial charge in [-0.05, 0) is 19.8 Å². The lowest BCUT2D eigenvalue weighted by atomic mass is 10.2. The summed E-state index contributed by atoms with van der Waals surface area (Å²) in [5.74, 6) is 0.365. The van der Waals surface area contributed by atoms with Gasteiger partial charge in [0.2, 0.25) is 5.91 Å². The topological polar surface area (TPSA) is 88.9 Å². The molecule has 2 aromatic rings. The van der Waals surface area contributed by atoms with Gasteiger partial charge in [-0.2, -0.15) is 0 Å². The second kappa shape index (κ2) is 9.54. The van der Waals surface area contributed by atoms with Crippen molar-refractivity contribution in [3.05, 3.63) is 43.0 Å². The Morgan fingerprint density at radius 2 is 2.00 bits per heavy atom. The van der Waals surface area contributed by atoms with Crippen LogP contribution in [0.4, 0.5) is 4.79 Å². The van der Waals surface area contributed by atoms with E-state index in [0.717, 1.165) is 37.1 Å². The highest BCUT2D eigenvalue weighted by molar-refractivity contribution is 8.00. The molecular formula is C20H25N5O2S. The number of thioether (sulfide) groups is 1. The molecule has 1 saturated carbocycles. The molecule has 1 fully saturated rings. The Hall–Kier alpha value is -2.61. The van der Waals surface area contributed by atoms with Crippen molar-refractivity contribution in [3.63, 3.8) is 0 Å². The van der Waals surface area contributed by atoms with E-state index in [-0.39, 0.29) is 11.9 Å². The minimum Gasteiger partial charge on any atom is -0.335 e. The minimum atomic E-state index is -0.495. The first-order valence-corrected chi connectivity index (χ1v) is 10.3. The van der Waals surface area contributed by atoms with Crippen molar-refractivity contribution in [3.8, 4) is 11.4 Å². The first kappa shape index (κ1) is 20.1. The Morgan fingerprint density at radius 1 is 1.29 bits per heavy atom. The maximum Gasteiger partial charge on any atom is 0.321 e. The van der Waals surface area contributed by atoms with Gasteiger partial charge in [0.25, 0.3) is 0 Å².